The summed E-state index contributed by atoms with van der Waals surface area (Å²) in [6, 6.07) is 15.2. The van der Waals surface area contributed by atoms with Crippen LogP contribution >= 0.6 is 0 Å². The normalized spacial score (nSPS) is 11.3. The number of benzene rings is 2. The molecule has 0 unspecified atom stereocenters. The van der Waals surface area contributed by atoms with E-state index in [0.717, 1.165) is 12.1 Å². The van der Waals surface area contributed by atoms with Gasteiger partial charge in [0.2, 0.25) is 11.9 Å². The van der Waals surface area contributed by atoms with Gasteiger partial charge in [-0.25, -0.2) is 4.98 Å². The van der Waals surface area contributed by atoms with Gasteiger partial charge in [0.1, 0.15) is 5.76 Å². The van der Waals surface area contributed by atoms with Gasteiger partial charge >= 0.3 is 6.18 Å². The molecule has 0 aliphatic carbocycles. The van der Waals surface area contributed by atoms with Crippen LogP contribution < -0.4 is 10.6 Å². The van der Waals surface area contributed by atoms with E-state index in [1.54, 1.807) is 41.0 Å². The van der Waals surface area contributed by atoms with Crippen LogP contribution in [0.15, 0.2) is 65.3 Å². The Morgan fingerprint density at radius 2 is 1.94 bits per heavy atom. The molecule has 1 amide bonds. The predicted molar refractivity (Wildman–Crippen MR) is 111 cm³/mol. The zero-order valence-corrected chi connectivity index (χ0v) is 16.5. The van der Waals surface area contributed by atoms with Crippen LogP contribution in [0.4, 0.5) is 24.8 Å². The molecule has 0 atom stereocenters. The number of halogens is 3. The summed E-state index contributed by atoms with van der Waals surface area (Å²) in [5.74, 6) is 0.208. The average molecular weight is 439 g/mol. The monoisotopic (exact) mass is 439 g/mol. The molecule has 2 heterocycles. The quantitative estimate of drug-likeness (QED) is 0.457. The Kier molecular flexibility index (Phi) is 5.55. The highest BCUT2D eigenvalue weighted by atomic mass is 19.4. The van der Waals surface area contributed by atoms with Crippen LogP contribution in [0, 0.1) is 11.3 Å². The molecule has 2 aromatic carbocycles. The fourth-order valence-electron chi connectivity index (χ4n) is 3.13. The molecule has 4 aromatic rings. The number of alkyl halides is 3. The molecule has 0 aliphatic heterocycles. The number of carbonyl (C=O) groups is 1. The van der Waals surface area contributed by atoms with Gasteiger partial charge < -0.3 is 14.3 Å². The number of amides is 1. The molecular weight excluding hydrogens is 423 g/mol. The van der Waals surface area contributed by atoms with Crippen molar-refractivity contribution in [3.8, 4) is 6.07 Å². The van der Waals surface area contributed by atoms with Gasteiger partial charge in [-0.05, 0) is 54.6 Å². The number of nitrogens with zero attached hydrogens (tertiary/aromatic N) is 3. The molecule has 0 fully saturated rings. The molecule has 162 valence electrons. The second-order valence-corrected chi connectivity index (χ2v) is 6.89. The van der Waals surface area contributed by atoms with E-state index in [1.165, 1.54) is 12.3 Å². The number of nitriles is 1. The van der Waals surface area contributed by atoms with E-state index >= 15 is 0 Å². The van der Waals surface area contributed by atoms with Crippen LogP contribution in [-0.4, -0.2) is 22.0 Å². The van der Waals surface area contributed by atoms with Crippen molar-refractivity contribution >= 4 is 28.6 Å². The van der Waals surface area contributed by atoms with E-state index in [9.17, 15) is 18.0 Å². The summed E-state index contributed by atoms with van der Waals surface area (Å²) in [7, 11) is 0. The molecule has 10 heteroatoms. The molecule has 0 bridgehead atoms. The van der Waals surface area contributed by atoms with E-state index in [4.69, 9.17) is 9.68 Å². The second kappa shape index (κ2) is 8.47. The zero-order chi connectivity index (χ0) is 22.7. The molecule has 0 aliphatic rings. The van der Waals surface area contributed by atoms with Gasteiger partial charge in [-0.3, -0.25) is 10.1 Å². The number of rotatable bonds is 6. The van der Waals surface area contributed by atoms with Crippen LogP contribution in [0.2, 0.25) is 0 Å². The van der Waals surface area contributed by atoms with Gasteiger partial charge in [0.15, 0.2) is 0 Å². The predicted octanol–water partition coefficient (Wildman–Crippen LogP) is 4.62. The van der Waals surface area contributed by atoms with Gasteiger partial charge in [0.05, 0.1) is 47.6 Å². The molecule has 2 aromatic heterocycles. The summed E-state index contributed by atoms with van der Waals surface area (Å²) in [6.07, 6.45) is -3.02. The third kappa shape index (κ3) is 4.57. The van der Waals surface area contributed by atoms with E-state index in [2.05, 4.69) is 15.6 Å². The maximum atomic E-state index is 13.1. The minimum absolute atomic E-state index is 0.0988. The number of anilines is 2. The Hall–Kier alpha value is -4.26. The first-order valence-corrected chi connectivity index (χ1v) is 9.47. The van der Waals surface area contributed by atoms with Crippen LogP contribution in [0.25, 0.3) is 11.0 Å². The molecule has 0 spiro atoms. The van der Waals surface area contributed by atoms with E-state index in [0.29, 0.717) is 22.5 Å². The first-order valence-electron chi connectivity index (χ1n) is 9.47. The first-order chi connectivity index (χ1) is 15.3. The number of imidazole rings is 1. The molecule has 0 saturated carbocycles. The molecule has 4 rings (SSSR count). The molecule has 7 nitrogen and oxygen atoms in total. The smallest absolute Gasteiger partial charge is 0.416 e. The topological polar surface area (TPSA) is 95.9 Å². The fourth-order valence-corrected chi connectivity index (χ4v) is 3.13. The van der Waals surface area contributed by atoms with E-state index < -0.39 is 17.6 Å². The highest BCUT2D eigenvalue weighted by molar-refractivity contribution is 5.94. The maximum absolute atomic E-state index is 13.1. The Bertz CT molecular complexity index is 1290. The van der Waals surface area contributed by atoms with Crippen LogP contribution in [0.3, 0.4) is 0 Å². The highest BCUT2D eigenvalue weighted by Crippen LogP contribution is 2.32. The third-order valence-corrected chi connectivity index (χ3v) is 4.69. The van der Waals surface area contributed by atoms with Crippen molar-refractivity contribution in [2.24, 2.45) is 0 Å². The summed E-state index contributed by atoms with van der Waals surface area (Å²) in [6.45, 7) is 0.0667. The lowest BCUT2D eigenvalue weighted by Gasteiger charge is -2.10. The lowest BCUT2D eigenvalue weighted by atomic mass is 10.2. The fraction of sp³-hybridized carbons (Fsp3) is 0.136. The van der Waals surface area contributed by atoms with E-state index in [-0.39, 0.29) is 24.6 Å². The first kappa shape index (κ1) is 21.0. The average Bonchev–Trinajstić information content (AvgIpc) is 3.40. The van der Waals surface area contributed by atoms with Crippen molar-refractivity contribution in [2.45, 2.75) is 12.7 Å². The van der Waals surface area contributed by atoms with Crippen molar-refractivity contribution in [3.05, 3.63) is 77.7 Å². The van der Waals surface area contributed by atoms with Crippen molar-refractivity contribution in [2.75, 3.05) is 17.2 Å². The highest BCUT2D eigenvalue weighted by Gasteiger charge is 2.31. The van der Waals surface area contributed by atoms with Gasteiger partial charge in [-0.15, -0.1) is 0 Å². The minimum Gasteiger partial charge on any atom is -0.467 e. The van der Waals surface area contributed by atoms with Crippen LogP contribution in [-0.2, 0) is 17.5 Å². The lowest BCUT2D eigenvalue weighted by Crippen LogP contribution is -2.23. The number of carbonyl (C=O) groups excluding carboxylic acids is 1. The lowest BCUT2D eigenvalue weighted by molar-refractivity contribution is -0.137. The van der Waals surface area contributed by atoms with Crippen molar-refractivity contribution < 1.29 is 22.4 Å². The number of fused-ring (bicyclic) bond motifs is 1. The number of aromatic nitrogens is 2. The molecule has 0 radical (unpaired) electrons. The summed E-state index contributed by atoms with van der Waals surface area (Å²) in [5.41, 5.74) is 0.822. The summed E-state index contributed by atoms with van der Waals surface area (Å²) < 4.78 is 46.2. The number of hydrogen-bond donors (Lipinski definition) is 2. The van der Waals surface area contributed by atoms with E-state index in [1.807, 2.05) is 6.07 Å². The molecule has 32 heavy (non-hydrogen) atoms. The summed E-state index contributed by atoms with van der Waals surface area (Å²) >= 11 is 0. The SMILES string of the molecule is N#Cc1ccc(NCC(=O)Nc2nc3cc(C(F)(F)F)ccc3n2Cc2ccco2)cc1. The maximum Gasteiger partial charge on any atom is 0.416 e. The molecular formula is C22H16F3N5O2. The van der Waals surface area contributed by atoms with Gasteiger partial charge in [-0.2, -0.15) is 18.4 Å². The van der Waals surface area contributed by atoms with Crippen molar-refractivity contribution in [1.29, 1.82) is 5.26 Å². The largest absolute Gasteiger partial charge is 0.467 e. The zero-order valence-electron chi connectivity index (χ0n) is 16.5. The third-order valence-electron chi connectivity index (χ3n) is 4.69. The Labute approximate surface area is 180 Å². The molecule has 0 saturated heterocycles. The number of furan rings is 1. The minimum atomic E-state index is -4.51. The Balaban J connectivity index is 1.57. The van der Waals surface area contributed by atoms with Crippen molar-refractivity contribution in [3.63, 3.8) is 0 Å². The second-order valence-electron chi connectivity index (χ2n) is 6.89. The standard InChI is InChI=1S/C22H16F3N5O2/c23-22(24,25)15-5-8-19-18(10-15)28-21(30(19)13-17-2-1-9-32-17)29-20(31)12-27-16-6-3-14(11-26)4-7-16/h1-10,27H,12-13H2,(H,28,29,31). The number of hydrogen-bond acceptors (Lipinski definition) is 5. The van der Waals surface area contributed by atoms with Crippen LogP contribution in [0.1, 0.15) is 16.9 Å². The molecule has 2 N–H and O–H groups in total. The van der Waals surface area contributed by atoms with Crippen molar-refractivity contribution in [1.82, 2.24) is 9.55 Å². The van der Waals surface area contributed by atoms with Gasteiger partial charge in [-0.1, -0.05) is 0 Å². The Morgan fingerprint density at radius 3 is 2.59 bits per heavy atom. The number of nitrogens with one attached hydrogen (secondary N) is 2. The summed E-state index contributed by atoms with van der Waals surface area (Å²) in [5, 5.41) is 14.4. The van der Waals surface area contributed by atoms with Crippen LogP contribution in [0.5, 0.6) is 0 Å². The summed E-state index contributed by atoms with van der Waals surface area (Å²) in [4.78, 5) is 16.7. The van der Waals surface area contributed by atoms with Gasteiger partial charge in [0, 0.05) is 5.69 Å². The van der Waals surface area contributed by atoms with Gasteiger partial charge in [0.25, 0.3) is 0 Å². The Morgan fingerprint density at radius 1 is 1.16 bits per heavy atom.